The van der Waals surface area contributed by atoms with Crippen LogP contribution in [-0.4, -0.2) is 36.9 Å². The average molecular weight is 303 g/mol. The third-order valence-corrected chi connectivity index (χ3v) is 4.72. The number of hydrogen-bond acceptors (Lipinski definition) is 3. The Morgan fingerprint density at radius 2 is 2.05 bits per heavy atom. The number of rotatable bonds is 2. The number of nitrogens with zero attached hydrogens (tertiary/aromatic N) is 1. The number of aliphatic hydroxyl groups is 1. The molecule has 3 rings (SSSR count). The first-order valence-corrected chi connectivity index (χ1v) is 8.21. The summed E-state index contributed by atoms with van der Waals surface area (Å²) in [5.41, 5.74) is 3.41. The summed E-state index contributed by atoms with van der Waals surface area (Å²) < 4.78 is 0. The molecule has 2 amide bonds. The van der Waals surface area contributed by atoms with Crippen molar-refractivity contribution >= 4 is 17.4 Å². The van der Waals surface area contributed by atoms with E-state index in [1.807, 2.05) is 6.07 Å². The molecule has 0 unspecified atom stereocenters. The normalized spacial score (nSPS) is 24.5. The second kappa shape index (κ2) is 6.57. The van der Waals surface area contributed by atoms with Crippen LogP contribution < -0.4 is 15.5 Å². The molecule has 0 bridgehead atoms. The Kier molecular flexibility index (Phi) is 4.52. The summed E-state index contributed by atoms with van der Waals surface area (Å²) >= 11 is 0. The number of urea groups is 1. The number of fused-ring (bicyclic) bond motifs is 1. The van der Waals surface area contributed by atoms with Crippen LogP contribution in [0.1, 0.15) is 37.7 Å². The van der Waals surface area contributed by atoms with Gasteiger partial charge in [0.25, 0.3) is 0 Å². The van der Waals surface area contributed by atoms with Gasteiger partial charge < -0.3 is 20.6 Å². The predicted octanol–water partition coefficient (Wildman–Crippen LogP) is 2.49. The summed E-state index contributed by atoms with van der Waals surface area (Å²) in [5.74, 6) is 0. The Hall–Kier alpha value is -1.75. The second-order valence-electron chi connectivity index (χ2n) is 6.47. The molecule has 1 aromatic rings. The van der Waals surface area contributed by atoms with Crippen LogP contribution in [0.4, 0.5) is 16.2 Å². The van der Waals surface area contributed by atoms with Crippen LogP contribution in [0.25, 0.3) is 0 Å². The van der Waals surface area contributed by atoms with Crippen LogP contribution in [0.5, 0.6) is 0 Å². The molecule has 1 fully saturated rings. The molecule has 3 N–H and O–H groups in total. The van der Waals surface area contributed by atoms with E-state index in [9.17, 15) is 9.90 Å². The summed E-state index contributed by atoms with van der Waals surface area (Å²) in [7, 11) is 2.11. The van der Waals surface area contributed by atoms with Gasteiger partial charge in [0.15, 0.2) is 0 Å². The third-order valence-electron chi connectivity index (χ3n) is 4.72. The Labute approximate surface area is 131 Å². The van der Waals surface area contributed by atoms with Gasteiger partial charge in [-0.15, -0.1) is 0 Å². The van der Waals surface area contributed by atoms with Crippen molar-refractivity contribution in [1.82, 2.24) is 5.32 Å². The predicted molar refractivity (Wildman–Crippen MR) is 88.5 cm³/mol. The molecule has 2 aliphatic rings. The highest BCUT2D eigenvalue weighted by Gasteiger charge is 2.21. The molecule has 0 atom stereocenters. The zero-order valence-electron chi connectivity index (χ0n) is 13.1. The lowest BCUT2D eigenvalue weighted by molar-refractivity contribution is 0.118. The highest BCUT2D eigenvalue weighted by atomic mass is 16.3. The van der Waals surface area contributed by atoms with Crippen molar-refractivity contribution in [3.8, 4) is 0 Å². The van der Waals surface area contributed by atoms with Crippen molar-refractivity contribution in [3.05, 3.63) is 23.8 Å². The van der Waals surface area contributed by atoms with Crippen LogP contribution in [0.15, 0.2) is 18.2 Å². The minimum atomic E-state index is -0.196. The molecule has 5 heteroatoms. The summed E-state index contributed by atoms with van der Waals surface area (Å²) in [6, 6.07) is 6.15. The van der Waals surface area contributed by atoms with Gasteiger partial charge in [0.05, 0.1) is 6.10 Å². The minimum absolute atomic E-state index is 0.148. The maximum atomic E-state index is 12.1. The first kappa shape index (κ1) is 15.2. The van der Waals surface area contributed by atoms with Crippen molar-refractivity contribution < 1.29 is 9.90 Å². The fraction of sp³-hybridized carbons (Fsp3) is 0.588. The first-order chi connectivity index (χ1) is 10.6. The number of benzene rings is 1. The molecular formula is C17H25N3O2. The van der Waals surface area contributed by atoms with Crippen LogP contribution in [0.3, 0.4) is 0 Å². The molecule has 1 aliphatic carbocycles. The van der Waals surface area contributed by atoms with Gasteiger partial charge in [-0.2, -0.15) is 0 Å². The maximum absolute atomic E-state index is 12.1. The molecule has 1 saturated carbocycles. The molecule has 0 spiro atoms. The zero-order valence-corrected chi connectivity index (χ0v) is 13.1. The van der Waals surface area contributed by atoms with Crippen molar-refractivity contribution in [2.24, 2.45) is 0 Å². The minimum Gasteiger partial charge on any atom is -0.393 e. The second-order valence-corrected chi connectivity index (χ2v) is 6.47. The number of carbonyl (C=O) groups excluding carboxylic acids is 1. The van der Waals surface area contributed by atoms with E-state index in [4.69, 9.17) is 0 Å². The lowest BCUT2D eigenvalue weighted by Gasteiger charge is -2.28. The monoisotopic (exact) mass is 303 g/mol. The lowest BCUT2D eigenvalue weighted by atomic mass is 9.93. The van der Waals surface area contributed by atoms with Crippen molar-refractivity contribution in [1.29, 1.82) is 0 Å². The SMILES string of the molecule is CN1CCCc2cc(NC(=O)NC3CCC(O)CC3)ccc21. The number of anilines is 2. The molecular weight excluding hydrogens is 278 g/mol. The molecule has 1 aliphatic heterocycles. The van der Waals surface area contributed by atoms with Gasteiger partial charge in [0, 0.05) is 31.0 Å². The number of aliphatic hydroxyl groups excluding tert-OH is 1. The summed E-state index contributed by atoms with van der Waals surface area (Å²) in [6.07, 6.45) is 5.28. The molecule has 22 heavy (non-hydrogen) atoms. The lowest BCUT2D eigenvalue weighted by Crippen LogP contribution is -2.40. The highest BCUT2D eigenvalue weighted by Crippen LogP contribution is 2.28. The van der Waals surface area contributed by atoms with Gasteiger partial charge in [-0.3, -0.25) is 0 Å². The number of amides is 2. The molecule has 0 radical (unpaired) electrons. The largest absolute Gasteiger partial charge is 0.393 e. The van der Waals surface area contributed by atoms with Gasteiger partial charge in [0.1, 0.15) is 0 Å². The third kappa shape index (κ3) is 3.53. The van der Waals surface area contributed by atoms with Crippen molar-refractivity contribution in [2.45, 2.75) is 50.7 Å². The van der Waals surface area contributed by atoms with Crippen molar-refractivity contribution in [3.63, 3.8) is 0 Å². The Bertz CT molecular complexity index is 539. The standard InChI is InChI=1S/C17H25N3O2/c1-20-10-2-3-12-11-14(6-9-16(12)20)19-17(22)18-13-4-7-15(21)8-5-13/h6,9,11,13,15,21H,2-5,7-8,10H2,1H3,(H2,18,19,22). The van der Waals surface area contributed by atoms with E-state index >= 15 is 0 Å². The number of carbonyl (C=O) groups is 1. The Morgan fingerprint density at radius 3 is 2.82 bits per heavy atom. The van der Waals surface area contributed by atoms with Gasteiger partial charge in [-0.05, 0) is 62.3 Å². The van der Waals surface area contributed by atoms with Gasteiger partial charge in [-0.1, -0.05) is 0 Å². The van der Waals surface area contributed by atoms with E-state index in [2.05, 4.69) is 34.7 Å². The summed E-state index contributed by atoms with van der Waals surface area (Å²) in [4.78, 5) is 14.4. The van der Waals surface area contributed by atoms with Crippen LogP contribution in [0, 0.1) is 0 Å². The molecule has 1 heterocycles. The molecule has 0 saturated heterocycles. The highest BCUT2D eigenvalue weighted by molar-refractivity contribution is 5.90. The quantitative estimate of drug-likeness (QED) is 0.786. The average Bonchev–Trinajstić information content (AvgIpc) is 2.50. The van der Waals surface area contributed by atoms with Gasteiger partial charge in [-0.25, -0.2) is 4.79 Å². The Balaban J connectivity index is 1.57. The number of aryl methyl sites for hydroxylation is 1. The van der Waals surface area contributed by atoms with Gasteiger partial charge in [0.2, 0.25) is 0 Å². The van der Waals surface area contributed by atoms with E-state index in [1.165, 1.54) is 11.3 Å². The molecule has 120 valence electrons. The molecule has 1 aromatic carbocycles. The van der Waals surface area contributed by atoms with Crippen LogP contribution in [0.2, 0.25) is 0 Å². The fourth-order valence-electron chi connectivity index (χ4n) is 3.44. The summed E-state index contributed by atoms with van der Waals surface area (Å²) in [5, 5.41) is 15.4. The fourth-order valence-corrected chi connectivity index (χ4v) is 3.44. The Morgan fingerprint density at radius 1 is 1.27 bits per heavy atom. The number of nitrogens with one attached hydrogen (secondary N) is 2. The van der Waals surface area contributed by atoms with E-state index in [-0.39, 0.29) is 18.2 Å². The maximum Gasteiger partial charge on any atom is 0.319 e. The van der Waals surface area contributed by atoms with E-state index in [0.717, 1.165) is 50.8 Å². The van der Waals surface area contributed by atoms with E-state index in [0.29, 0.717) is 0 Å². The van der Waals surface area contributed by atoms with E-state index in [1.54, 1.807) is 0 Å². The molecule has 0 aromatic heterocycles. The van der Waals surface area contributed by atoms with Gasteiger partial charge >= 0.3 is 6.03 Å². The topological polar surface area (TPSA) is 64.6 Å². The van der Waals surface area contributed by atoms with Crippen LogP contribution >= 0.6 is 0 Å². The van der Waals surface area contributed by atoms with Crippen molar-refractivity contribution in [2.75, 3.05) is 23.8 Å². The number of hydrogen-bond donors (Lipinski definition) is 3. The first-order valence-electron chi connectivity index (χ1n) is 8.21. The summed E-state index contributed by atoms with van der Waals surface area (Å²) in [6.45, 7) is 1.09. The van der Waals surface area contributed by atoms with Crippen LogP contribution in [-0.2, 0) is 6.42 Å². The molecule has 5 nitrogen and oxygen atoms in total. The van der Waals surface area contributed by atoms with E-state index < -0.39 is 0 Å². The zero-order chi connectivity index (χ0) is 15.5. The smallest absolute Gasteiger partial charge is 0.319 e.